The number of amides is 1. The zero-order valence-electron chi connectivity index (χ0n) is 21.1. The SMILES string of the molecule is CCCCCOc1ccc(/C(O)=C2/C(=O)C(=O)N(CC3CCCO3)C2c2ccc(OCC)cc2)cc1. The monoisotopic (exact) mass is 493 g/mol. The van der Waals surface area contributed by atoms with Crippen molar-refractivity contribution in [3.05, 3.63) is 65.2 Å². The molecule has 36 heavy (non-hydrogen) atoms. The fourth-order valence-electron chi connectivity index (χ4n) is 4.74. The molecule has 192 valence electrons. The second-order valence-electron chi connectivity index (χ2n) is 9.17. The molecule has 0 bridgehead atoms. The molecule has 2 unspecified atom stereocenters. The lowest BCUT2D eigenvalue weighted by atomic mass is 9.95. The van der Waals surface area contributed by atoms with Crippen LogP contribution in [0.1, 0.15) is 63.1 Å². The highest BCUT2D eigenvalue weighted by atomic mass is 16.5. The van der Waals surface area contributed by atoms with E-state index in [0.29, 0.717) is 43.4 Å². The molecule has 2 aromatic rings. The van der Waals surface area contributed by atoms with Gasteiger partial charge in [0, 0.05) is 18.7 Å². The fraction of sp³-hybridized carbons (Fsp3) is 0.448. The number of hydrogen-bond acceptors (Lipinski definition) is 6. The Bertz CT molecular complexity index is 1070. The summed E-state index contributed by atoms with van der Waals surface area (Å²) in [5.74, 6) is -0.109. The second kappa shape index (κ2) is 12.1. The van der Waals surface area contributed by atoms with Crippen molar-refractivity contribution in [3.63, 3.8) is 0 Å². The summed E-state index contributed by atoms with van der Waals surface area (Å²) in [5.41, 5.74) is 1.27. The summed E-state index contributed by atoms with van der Waals surface area (Å²) in [7, 11) is 0. The van der Waals surface area contributed by atoms with Crippen LogP contribution >= 0.6 is 0 Å². The number of ether oxygens (including phenoxy) is 3. The summed E-state index contributed by atoms with van der Waals surface area (Å²) in [6, 6.07) is 13.6. The molecule has 2 fully saturated rings. The third-order valence-electron chi connectivity index (χ3n) is 6.62. The largest absolute Gasteiger partial charge is 0.507 e. The van der Waals surface area contributed by atoms with Crippen molar-refractivity contribution in [3.8, 4) is 11.5 Å². The number of aliphatic hydroxyl groups is 1. The van der Waals surface area contributed by atoms with Crippen molar-refractivity contribution < 1.29 is 28.9 Å². The Hall–Kier alpha value is -3.32. The Morgan fingerprint density at radius 1 is 1.00 bits per heavy atom. The molecule has 1 amide bonds. The minimum Gasteiger partial charge on any atom is -0.507 e. The summed E-state index contributed by atoms with van der Waals surface area (Å²) >= 11 is 0. The highest BCUT2D eigenvalue weighted by Crippen LogP contribution is 2.40. The zero-order valence-corrected chi connectivity index (χ0v) is 21.1. The first-order valence-electron chi connectivity index (χ1n) is 12.9. The van der Waals surface area contributed by atoms with Gasteiger partial charge in [-0.2, -0.15) is 0 Å². The topological polar surface area (TPSA) is 85.3 Å². The number of benzene rings is 2. The van der Waals surface area contributed by atoms with Gasteiger partial charge in [-0.1, -0.05) is 31.9 Å². The minimum atomic E-state index is -0.713. The molecule has 2 saturated heterocycles. The molecule has 2 aliphatic heterocycles. The highest BCUT2D eigenvalue weighted by Gasteiger charge is 2.47. The fourth-order valence-corrected chi connectivity index (χ4v) is 4.74. The minimum absolute atomic E-state index is 0.0822. The van der Waals surface area contributed by atoms with Gasteiger partial charge in [-0.05, 0) is 68.1 Å². The van der Waals surface area contributed by atoms with Crippen LogP contribution in [0.2, 0.25) is 0 Å². The third-order valence-corrected chi connectivity index (χ3v) is 6.62. The molecule has 0 aliphatic carbocycles. The van der Waals surface area contributed by atoms with Crippen molar-refractivity contribution in [1.29, 1.82) is 0 Å². The summed E-state index contributed by atoms with van der Waals surface area (Å²) in [6.07, 6.45) is 4.84. The average Bonchev–Trinajstić information content (AvgIpc) is 3.50. The maximum atomic E-state index is 13.2. The molecule has 4 rings (SSSR count). The van der Waals surface area contributed by atoms with E-state index in [1.807, 2.05) is 31.2 Å². The van der Waals surface area contributed by atoms with Gasteiger partial charge in [0.2, 0.25) is 0 Å². The molecular weight excluding hydrogens is 458 g/mol. The second-order valence-corrected chi connectivity index (χ2v) is 9.17. The summed E-state index contributed by atoms with van der Waals surface area (Å²) < 4.78 is 17.1. The lowest BCUT2D eigenvalue weighted by Crippen LogP contribution is -2.36. The van der Waals surface area contributed by atoms with Crippen LogP contribution in [0.3, 0.4) is 0 Å². The maximum Gasteiger partial charge on any atom is 0.295 e. The van der Waals surface area contributed by atoms with Gasteiger partial charge in [-0.15, -0.1) is 0 Å². The van der Waals surface area contributed by atoms with Gasteiger partial charge in [0.15, 0.2) is 0 Å². The molecule has 2 heterocycles. The number of unbranched alkanes of at least 4 members (excludes halogenated alkanes) is 2. The van der Waals surface area contributed by atoms with Gasteiger partial charge in [0.05, 0.1) is 30.9 Å². The normalized spacial score (nSPS) is 21.2. The summed E-state index contributed by atoms with van der Waals surface area (Å²) in [4.78, 5) is 27.9. The predicted octanol–water partition coefficient (Wildman–Crippen LogP) is 5.26. The first kappa shape index (κ1) is 25.8. The van der Waals surface area contributed by atoms with Crippen LogP contribution in [-0.4, -0.2) is 54.2 Å². The van der Waals surface area contributed by atoms with Crippen molar-refractivity contribution in [1.82, 2.24) is 4.90 Å². The van der Waals surface area contributed by atoms with Crippen LogP contribution in [-0.2, 0) is 14.3 Å². The number of rotatable bonds is 11. The van der Waals surface area contributed by atoms with Crippen molar-refractivity contribution in [2.45, 2.75) is 58.1 Å². The average molecular weight is 494 g/mol. The number of carbonyl (C=O) groups excluding carboxylic acids is 2. The molecule has 2 aliphatic rings. The van der Waals surface area contributed by atoms with Gasteiger partial charge >= 0.3 is 0 Å². The molecule has 0 radical (unpaired) electrons. The number of likely N-dealkylation sites (tertiary alicyclic amines) is 1. The van der Waals surface area contributed by atoms with Gasteiger partial charge in [-0.3, -0.25) is 9.59 Å². The Morgan fingerprint density at radius 3 is 2.33 bits per heavy atom. The van der Waals surface area contributed by atoms with E-state index >= 15 is 0 Å². The van der Waals surface area contributed by atoms with E-state index in [-0.39, 0.29) is 17.4 Å². The third kappa shape index (κ3) is 5.73. The first-order chi connectivity index (χ1) is 17.5. The highest BCUT2D eigenvalue weighted by molar-refractivity contribution is 6.46. The van der Waals surface area contributed by atoms with Gasteiger partial charge in [0.1, 0.15) is 17.3 Å². The van der Waals surface area contributed by atoms with E-state index in [1.54, 1.807) is 24.3 Å². The zero-order chi connectivity index (χ0) is 25.5. The van der Waals surface area contributed by atoms with E-state index in [0.717, 1.165) is 37.7 Å². The van der Waals surface area contributed by atoms with Crippen molar-refractivity contribution >= 4 is 17.4 Å². The van der Waals surface area contributed by atoms with E-state index in [4.69, 9.17) is 14.2 Å². The van der Waals surface area contributed by atoms with Crippen LogP contribution in [0.5, 0.6) is 11.5 Å². The molecule has 0 saturated carbocycles. The molecule has 1 N–H and O–H groups in total. The number of ketones is 1. The Kier molecular flexibility index (Phi) is 8.65. The van der Waals surface area contributed by atoms with E-state index < -0.39 is 17.7 Å². The smallest absolute Gasteiger partial charge is 0.295 e. The number of carbonyl (C=O) groups is 2. The number of Topliss-reactive ketones (excluding diaryl/α,β-unsaturated/α-hetero) is 1. The Labute approximate surface area is 212 Å². The molecule has 0 aromatic heterocycles. The van der Waals surface area contributed by atoms with Gasteiger partial charge < -0.3 is 24.2 Å². The summed E-state index contributed by atoms with van der Waals surface area (Å²) in [6.45, 7) is 6.16. The van der Waals surface area contributed by atoms with Gasteiger partial charge in [-0.25, -0.2) is 0 Å². The number of hydrogen-bond donors (Lipinski definition) is 1. The summed E-state index contributed by atoms with van der Waals surface area (Å²) in [5, 5.41) is 11.3. The van der Waals surface area contributed by atoms with Crippen LogP contribution in [0.25, 0.3) is 5.76 Å². The van der Waals surface area contributed by atoms with Gasteiger partial charge in [0.25, 0.3) is 11.7 Å². The van der Waals surface area contributed by atoms with Crippen LogP contribution in [0.15, 0.2) is 54.1 Å². The van der Waals surface area contributed by atoms with Crippen molar-refractivity contribution in [2.75, 3.05) is 26.4 Å². The Balaban J connectivity index is 1.66. The van der Waals surface area contributed by atoms with Crippen LogP contribution in [0.4, 0.5) is 0 Å². The van der Waals surface area contributed by atoms with Crippen LogP contribution < -0.4 is 9.47 Å². The van der Waals surface area contributed by atoms with E-state index in [2.05, 4.69) is 6.92 Å². The van der Waals surface area contributed by atoms with Crippen LogP contribution in [0, 0.1) is 0 Å². The molecule has 2 atom stereocenters. The quantitative estimate of drug-likeness (QED) is 0.199. The number of nitrogens with zero attached hydrogens (tertiary/aromatic N) is 1. The standard InChI is InChI=1S/C29H35NO6/c1-3-5-6-17-35-23-15-11-21(12-16-23)27(31)25-26(20-9-13-22(14-10-20)34-4-2)30(29(33)28(25)32)19-24-8-7-18-36-24/h9-16,24,26,31H,3-8,17-19H2,1-2H3/b27-25-. The number of aliphatic hydroxyl groups excluding tert-OH is 1. The lowest BCUT2D eigenvalue weighted by molar-refractivity contribution is -0.140. The molecular formula is C29H35NO6. The lowest BCUT2D eigenvalue weighted by Gasteiger charge is -2.27. The predicted molar refractivity (Wildman–Crippen MR) is 137 cm³/mol. The Morgan fingerprint density at radius 2 is 1.69 bits per heavy atom. The van der Waals surface area contributed by atoms with Crippen molar-refractivity contribution in [2.24, 2.45) is 0 Å². The first-order valence-corrected chi connectivity index (χ1v) is 12.9. The molecule has 0 spiro atoms. The van der Waals surface area contributed by atoms with E-state index in [1.165, 1.54) is 4.90 Å². The molecule has 7 heteroatoms. The van der Waals surface area contributed by atoms with E-state index in [9.17, 15) is 14.7 Å². The molecule has 2 aromatic carbocycles. The maximum absolute atomic E-state index is 13.2. The molecule has 7 nitrogen and oxygen atoms in total.